The zero-order valence-electron chi connectivity index (χ0n) is 16.1. The van der Waals surface area contributed by atoms with Crippen molar-refractivity contribution in [2.24, 2.45) is 0 Å². The van der Waals surface area contributed by atoms with E-state index in [4.69, 9.17) is 0 Å². The molecule has 0 spiro atoms. The van der Waals surface area contributed by atoms with Crippen molar-refractivity contribution in [1.29, 1.82) is 0 Å². The van der Waals surface area contributed by atoms with Crippen LogP contribution in [0.2, 0.25) is 0 Å². The number of hydrogen-bond donors (Lipinski definition) is 2. The average molecular weight is 450 g/mol. The fraction of sp³-hybridized carbons (Fsp3) is 0.0870. The molecule has 0 radical (unpaired) electrons. The first kappa shape index (κ1) is 20.5. The normalized spacial score (nSPS) is 10.7. The lowest BCUT2D eigenvalue weighted by Crippen LogP contribution is -2.13. The van der Waals surface area contributed by atoms with E-state index in [0.717, 1.165) is 21.2 Å². The molecule has 0 aliphatic carbocycles. The lowest BCUT2D eigenvalue weighted by atomic mass is 10.1. The van der Waals surface area contributed by atoms with Crippen LogP contribution in [0.3, 0.4) is 0 Å². The number of pyridine rings is 1. The van der Waals surface area contributed by atoms with Gasteiger partial charge in [-0.15, -0.1) is 0 Å². The largest absolute Gasteiger partial charge is 0.322 e. The number of anilines is 2. The number of carbonyl (C=O) groups is 2. The molecule has 0 bridgehead atoms. The number of aromatic nitrogens is 1. The van der Waals surface area contributed by atoms with E-state index in [1.165, 1.54) is 6.08 Å². The third kappa shape index (κ3) is 5.62. The monoisotopic (exact) mass is 449 g/mol. The summed E-state index contributed by atoms with van der Waals surface area (Å²) in [5.41, 5.74) is 4.57. The summed E-state index contributed by atoms with van der Waals surface area (Å²) in [6.45, 7) is 3.85. The van der Waals surface area contributed by atoms with Crippen molar-refractivity contribution < 1.29 is 9.59 Å². The second-order valence-corrected chi connectivity index (χ2v) is 7.41. The van der Waals surface area contributed by atoms with Crippen LogP contribution in [-0.4, -0.2) is 16.8 Å². The van der Waals surface area contributed by atoms with Crippen molar-refractivity contribution >= 4 is 45.2 Å². The molecule has 29 heavy (non-hydrogen) atoms. The molecule has 2 N–H and O–H groups in total. The first-order valence-corrected chi connectivity index (χ1v) is 9.79. The predicted octanol–water partition coefficient (Wildman–Crippen LogP) is 5.37. The summed E-state index contributed by atoms with van der Waals surface area (Å²) >= 11 is 3.44. The van der Waals surface area contributed by atoms with Crippen molar-refractivity contribution in [2.75, 3.05) is 10.6 Å². The minimum absolute atomic E-state index is 0.219. The van der Waals surface area contributed by atoms with E-state index in [0.29, 0.717) is 16.9 Å². The molecule has 0 atom stereocenters. The quantitative estimate of drug-likeness (QED) is 0.514. The summed E-state index contributed by atoms with van der Waals surface area (Å²) in [5, 5.41) is 5.71. The van der Waals surface area contributed by atoms with Crippen LogP contribution in [0.4, 0.5) is 11.4 Å². The summed E-state index contributed by atoms with van der Waals surface area (Å²) in [5.74, 6) is -0.480. The first-order valence-electron chi connectivity index (χ1n) is 8.99. The fourth-order valence-corrected chi connectivity index (χ4v) is 2.97. The average Bonchev–Trinajstić information content (AvgIpc) is 2.71. The highest BCUT2D eigenvalue weighted by Crippen LogP contribution is 2.22. The SMILES string of the molecule is Cc1ccc(C(=O)Nc2ccc(C)c(NC(=O)C=Cc3cccnc3)c2)cc1Br. The van der Waals surface area contributed by atoms with Gasteiger partial charge in [-0.05, 0) is 66.9 Å². The van der Waals surface area contributed by atoms with Gasteiger partial charge < -0.3 is 10.6 Å². The number of halogens is 1. The van der Waals surface area contributed by atoms with Crippen LogP contribution >= 0.6 is 15.9 Å². The van der Waals surface area contributed by atoms with Crippen molar-refractivity contribution in [3.05, 3.63) is 93.7 Å². The van der Waals surface area contributed by atoms with Crippen LogP contribution in [0.5, 0.6) is 0 Å². The lowest BCUT2D eigenvalue weighted by molar-refractivity contribution is -0.111. The second kappa shape index (κ2) is 9.30. The number of carbonyl (C=O) groups excluding carboxylic acids is 2. The molecule has 0 fully saturated rings. The Morgan fingerprint density at radius 2 is 1.79 bits per heavy atom. The molecule has 5 nitrogen and oxygen atoms in total. The minimum atomic E-state index is -0.261. The summed E-state index contributed by atoms with van der Waals surface area (Å²) in [4.78, 5) is 28.8. The van der Waals surface area contributed by atoms with Crippen molar-refractivity contribution in [1.82, 2.24) is 4.98 Å². The van der Waals surface area contributed by atoms with Crippen molar-refractivity contribution in [2.45, 2.75) is 13.8 Å². The van der Waals surface area contributed by atoms with Crippen LogP contribution in [-0.2, 0) is 4.79 Å². The fourth-order valence-electron chi connectivity index (χ4n) is 2.59. The van der Waals surface area contributed by atoms with Gasteiger partial charge in [-0.3, -0.25) is 14.6 Å². The standard InChI is InChI=1S/C23H20BrN3O2/c1-15-5-8-18(12-20(15)24)23(29)26-19-9-6-16(2)21(13-19)27-22(28)10-7-17-4-3-11-25-14-17/h3-14H,1-2H3,(H,26,29)(H,27,28). The van der Waals surface area contributed by atoms with Gasteiger partial charge in [0.15, 0.2) is 0 Å². The smallest absolute Gasteiger partial charge is 0.255 e. The molecule has 2 amide bonds. The Morgan fingerprint density at radius 3 is 2.52 bits per heavy atom. The lowest BCUT2D eigenvalue weighted by Gasteiger charge is -2.11. The molecule has 3 aromatic rings. The molecule has 0 saturated heterocycles. The van der Waals surface area contributed by atoms with E-state index in [1.807, 2.05) is 32.0 Å². The maximum absolute atomic E-state index is 12.5. The van der Waals surface area contributed by atoms with E-state index in [2.05, 4.69) is 31.5 Å². The van der Waals surface area contributed by atoms with E-state index in [9.17, 15) is 9.59 Å². The van der Waals surface area contributed by atoms with Gasteiger partial charge in [-0.1, -0.05) is 34.1 Å². The molecule has 0 aliphatic heterocycles. The predicted molar refractivity (Wildman–Crippen MR) is 120 cm³/mol. The molecule has 1 heterocycles. The number of hydrogen-bond acceptors (Lipinski definition) is 3. The van der Waals surface area contributed by atoms with E-state index in [1.54, 1.807) is 48.8 Å². The number of rotatable bonds is 5. The van der Waals surface area contributed by atoms with Gasteiger partial charge in [-0.25, -0.2) is 0 Å². The Bertz CT molecular complexity index is 1080. The molecule has 0 aliphatic rings. The summed E-state index contributed by atoms with van der Waals surface area (Å²) in [7, 11) is 0. The molecule has 0 saturated carbocycles. The van der Waals surface area contributed by atoms with Gasteiger partial charge in [0.25, 0.3) is 5.91 Å². The van der Waals surface area contributed by atoms with Gasteiger partial charge >= 0.3 is 0 Å². The number of benzene rings is 2. The van der Waals surface area contributed by atoms with Gasteiger partial charge in [0.1, 0.15) is 0 Å². The zero-order valence-corrected chi connectivity index (χ0v) is 17.7. The van der Waals surface area contributed by atoms with Crippen LogP contribution < -0.4 is 10.6 Å². The third-order valence-electron chi connectivity index (χ3n) is 4.30. The van der Waals surface area contributed by atoms with Crippen molar-refractivity contribution in [3.63, 3.8) is 0 Å². The first-order chi connectivity index (χ1) is 13.9. The highest BCUT2D eigenvalue weighted by molar-refractivity contribution is 9.10. The van der Waals surface area contributed by atoms with Gasteiger partial charge in [-0.2, -0.15) is 0 Å². The third-order valence-corrected chi connectivity index (χ3v) is 5.15. The van der Waals surface area contributed by atoms with Crippen LogP contribution in [0, 0.1) is 13.8 Å². The summed E-state index contributed by atoms with van der Waals surface area (Å²) in [6.07, 6.45) is 6.49. The van der Waals surface area contributed by atoms with Crippen LogP contribution in [0.15, 0.2) is 71.5 Å². The van der Waals surface area contributed by atoms with Gasteiger partial charge in [0.2, 0.25) is 5.91 Å². The Morgan fingerprint density at radius 1 is 1.00 bits per heavy atom. The second-order valence-electron chi connectivity index (χ2n) is 6.56. The Labute approximate surface area is 178 Å². The van der Waals surface area contributed by atoms with Crippen molar-refractivity contribution in [3.8, 4) is 0 Å². The van der Waals surface area contributed by atoms with E-state index >= 15 is 0 Å². The molecule has 2 aromatic carbocycles. The molecular formula is C23H20BrN3O2. The Hall–Kier alpha value is -3.25. The molecule has 0 unspecified atom stereocenters. The highest BCUT2D eigenvalue weighted by Gasteiger charge is 2.10. The minimum Gasteiger partial charge on any atom is -0.322 e. The molecule has 6 heteroatoms. The van der Waals surface area contributed by atoms with Gasteiger partial charge in [0.05, 0.1) is 0 Å². The number of amides is 2. The Kier molecular flexibility index (Phi) is 6.57. The maximum Gasteiger partial charge on any atom is 0.255 e. The number of nitrogens with one attached hydrogen (secondary N) is 2. The Balaban J connectivity index is 1.70. The zero-order chi connectivity index (χ0) is 20.8. The highest BCUT2D eigenvalue weighted by atomic mass is 79.9. The van der Waals surface area contributed by atoms with E-state index < -0.39 is 0 Å². The molecule has 3 rings (SSSR count). The van der Waals surface area contributed by atoms with Crippen LogP contribution in [0.1, 0.15) is 27.0 Å². The topological polar surface area (TPSA) is 71.1 Å². The number of nitrogens with zero attached hydrogens (tertiary/aromatic N) is 1. The molecule has 146 valence electrons. The summed E-state index contributed by atoms with van der Waals surface area (Å²) in [6, 6.07) is 14.5. The molecule has 1 aromatic heterocycles. The van der Waals surface area contributed by atoms with E-state index in [-0.39, 0.29) is 11.8 Å². The van der Waals surface area contributed by atoms with Crippen LogP contribution in [0.25, 0.3) is 6.08 Å². The molecular weight excluding hydrogens is 430 g/mol. The number of aryl methyl sites for hydroxylation is 2. The maximum atomic E-state index is 12.5. The van der Waals surface area contributed by atoms with Gasteiger partial charge in [0, 0.05) is 39.9 Å². The summed E-state index contributed by atoms with van der Waals surface area (Å²) < 4.78 is 0.877.